The second-order valence-corrected chi connectivity index (χ2v) is 9.70. The molecule has 6 heteroatoms. The topological polar surface area (TPSA) is 65.2 Å². The highest BCUT2D eigenvalue weighted by molar-refractivity contribution is 7.87. The van der Waals surface area contributed by atoms with E-state index in [1.165, 1.54) is 30.2 Å². The third kappa shape index (κ3) is 3.19. The summed E-state index contributed by atoms with van der Waals surface area (Å²) in [5.74, 6) is 0.389. The standard InChI is InChI=1S/C20H29N3O2S/c1-14(2)22-26(24,25)23-13-12-17-16-10-6-7-11-18(16)21-19(17)20(23)15-8-4-3-5-9-15/h6-7,10-11,14-15,20-22H,3-5,8-9,12-13H2,1-2H3. The van der Waals surface area contributed by atoms with Crippen LogP contribution >= 0.6 is 0 Å². The summed E-state index contributed by atoms with van der Waals surface area (Å²) < 4.78 is 30.7. The Kier molecular flexibility index (Phi) is 4.84. The fourth-order valence-electron chi connectivity index (χ4n) is 4.80. The van der Waals surface area contributed by atoms with E-state index < -0.39 is 10.2 Å². The highest BCUT2D eigenvalue weighted by Gasteiger charge is 2.41. The van der Waals surface area contributed by atoms with Gasteiger partial charge in [-0.25, -0.2) is 0 Å². The van der Waals surface area contributed by atoms with Crippen molar-refractivity contribution in [1.82, 2.24) is 14.0 Å². The summed E-state index contributed by atoms with van der Waals surface area (Å²) in [4.78, 5) is 3.58. The summed E-state index contributed by atoms with van der Waals surface area (Å²) in [6.07, 6.45) is 6.63. The van der Waals surface area contributed by atoms with Gasteiger partial charge < -0.3 is 4.98 Å². The molecule has 2 aromatic rings. The zero-order valence-electron chi connectivity index (χ0n) is 15.7. The van der Waals surface area contributed by atoms with Crippen molar-refractivity contribution < 1.29 is 8.42 Å². The molecule has 2 aliphatic rings. The average molecular weight is 376 g/mol. The van der Waals surface area contributed by atoms with E-state index in [1.54, 1.807) is 4.31 Å². The highest BCUT2D eigenvalue weighted by Crippen LogP contribution is 2.44. The molecular formula is C20H29N3O2S. The predicted molar refractivity (Wildman–Crippen MR) is 105 cm³/mol. The summed E-state index contributed by atoms with van der Waals surface area (Å²) in [5.41, 5.74) is 3.56. The monoisotopic (exact) mass is 375 g/mol. The van der Waals surface area contributed by atoms with Crippen LogP contribution < -0.4 is 4.72 Å². The van der Waals surface area contributed by atoms with E-state index in [2.05, 4.69) is 27.9 Å². The number of benzene rings is 1. The van der Waals surface area contributed by atoms with Gasteiger partial charge in [0, 0.05) is 29.2 Å². The number of aromatic nitrogens is 1. The number of fused-ring (bicyclic) bond motifs is 3. The van der Waals surface area contributed by atoms with Gasteiger partial charge in [0.25, 0.3) is 10.2 Å². The van der Waals surface area contributed by atoms with Crippen molar-refractivity contribution in [2.45, 2.75) is 64.5 Å². The molecule has 1 atom stereocenters. The number of aromatic amines is 1. The summed E-state index contributed by atoms with van der Waals surface area (Å²) in [7, 11) is -3.50. The van der Waals surface area contributed by atoms with Crippen molar-refractivity contribution in [3.63, 3.8) is 0 Å². The van der Waals surface area contributed by atoms with Gasteiger partial charge in [-0.05, 0) is 50.7 Å². The van der Waals surface area contributed by atoms with Crippen LogP contribution in [0.3, 0.4) is 0 Å². The molecule has 0 spiro atoms. The lowest BCUT2D eigenvalue weighted by Crippen LogP contribution is -2.50. The molecule has 1 fully saturated rings. The van der Waals surface area contributed by atoms with E-state index in [4.69, 9.17) is 0 Å². The predicted octanol–water partition coefficient (Wildman–Crippen LogP) is 3.89. The maximum Gasteiger partial charge on any atom is 0.280 e. The van der Waals surface area contributed by atoms with Crippen molar-refractivity contribution in [3.8, 4) is 0 Å². The molecule has 1 aromatic carbocycles. The van der Waals surface area contributed by atoms with Crippen molar-refractivity contribution in [2.75, 3.05) is 6.54 Å². The quantitative estimate of drug-likeness (QED) is 0.851. The van der Waals surface area contributed by atoms with Crippen LogP contribution in [0.4, 0.5) is 0 Å². The largest absolute Gasteiger partial charge is 0.357 e. The Labute approximate surface area is 156 Å². The molecule has 1 aliphatic heterocycles. The van der Waals surface area contributed by atoms with E-state index in [9.17, 15) is 8.42 Å². The van der Waals surface area contributed by atoms with Crippen LogP contribution in [-0.2, 0) is 16.6 Å². The lowest BCUT2D eigenvalue weighted by Gasteiger charge is -2.41. The van der Waals surface area contributed by atoms with Gasteiger partial charge in [-0.1, -0.05) is 37.5 Å². The Morgan fingerprint density at radius 2 is 1.88 bits per heavy atom. The molecule has 4 rings (SSSR count). The van der Waals surface area contributed by atoms with Gasteiger partial charge >= 0.3 is 0 Å². The number of hydrogen-bond acceptors (Lipinski definition) is 2. The zero-order chi connectivity index (χ0) is 18.3. The number of para-hydroxylation sites is 1. The average Bonchev–Trinajstić information content (AvgIpc) is 2.99. The van der Waals surface area contributed by atoms with Gasteiger partial charge in [0.1, 0.15) is 0 Å². The SMILES string of the molecule is CC(C)NS(=O)(=O)N1CCc2c([nH]c3ccccc23)C1C1CCCCC1. The third-order valence-corrected chi connectivity index (χ3v) is 7.62. The number of H-pyrrole nitrogens is 1. The molecule has 0 amide bonds. The Hall–Kier alpha value is -1.37. The van der Waals surface area contributed by atoms with Crippen molar-refractivity contribution in [3.05, 3.63) is 35.5 Å². The Bertz CT molecular complexity index is 882. The zero-order valence-corrected chi connectivity index (χ0v) is 16.5. The molecule has 26 heavy (non-hydrogen) atoms. The number of rotatable bonds is 4. The van der Waals surface area contributed by atoms with Crippen LogP contribution in [0.15, 0.2) is 24.3 Å². The Balaban J connectivity index is 1.80. The van der Waals surface area contributed by atoms with E-state index in [0.29, 0.717) is 12.5 Å². The summed E-state index contributed by atoms with van der Waals surface area (Å²) in [6.45, 7) is 4.31. The van der Waals surface area contributed by atoms with Gasteiger partial charge in [-0.3, -0.25) is 0 Å². The fourth-order valence-corrected chi connectivity index (χ4v) is 6.44. The van der Waals surface area contributed by atoms with Crippen molar-refractivity contribution in [1.29, 1.82) is 0 Å². The number of nitrogens with one attached hydrogen (secondary N) is 2. The Morgan fingerprint density at radius 3 is 2.62 bits per heavy atom. The first kappa shape index (κ1) is 18.0. The van der Waals surface area contributed by atoms with Gasteiger partial charge in [0.05, 0.1) is 6.04 Å². The smallest absolute Gasteiger partial charge is 0.280 e. The number of nitrogens with zero attached hydrogens (tertiary/aromatic N) is 1. The fraction of sp³-hybridized carbons (Fsp3) is 0.600. The second-order valence-electron chi connectivity index (χ2n) is 8.04. The first-order valence-electron chi connectivity index (χ1n) is 9.86. The molecule has 0 bridgehead atoms. The van der Waals surface area contributed by atoms with E-state index in [-0.39, 0.29) is 12.1 Å². The summed E-state index contributed by atoms with van der Waals surface area (Å²) >= 11 is 0. The van der Waals surface area contributed by atoms with E-state index in [1.807, 2.05) is 19.9 Å². The third-order valence-electron chi connectivity index (χ3n) is 5.82. The highest BCUT2D eigenvalue weighted by atomic mass is 32.2. The van der Waals surface area contributed by atoms with E-state index in [0.717, 1.165) is 30.5 Å². The summed E-state index contributed by atoms with van der Waals surface area (Å²) in [6, 6.07) is 8.17. The first-order valence-corrected chi connectivity index (χ1v) is 11.3. The Morgan fingerprint density at radius 1 is 1.15 bits per heavy atom. The van der Waals surface area contributed by atoms with E-state index >= 15 is 0 Å². The normalized spacial score (nSPS) is 22.8. The molecule has 2 N–H and O–H groups in total. The maximum absolute atomic E-state index is 13.1. The molecule has 1 unspecified atom stereocenters. The van der Waals surface area contributed by atoms with Crippen LogP contribution in [0.1, 0.15) is 63.3 Å². The molecular weight excluding hydrogens is 346 g/mol. The van der Waals surface area contributed by atoms with Crippen LogP contribution in [0.2, 0.25) is 0 Å². The van der Waals surface area contributed by atoms with Crippen molar-refractivity contribution in [2.24, 2.45) is 5.92 Å². The van der Waals surface area contributed by atoms with Gasteiger partial charge in [0.15, 0.2) is 0 Å². The maximum atomic E-state index is 13.1. The van der Waals surface area contributed by atoms with Gasteiger partial charge in [0.2, 0.25) is 0 Å². The lowest BCUT2D eigenvalue weighted by atomic mass is 9.80. The minimum atomic E-state index is -3.50. The van der Waals surface area contributed by atoms with Crippen LogP contribution in [0.25, 0.3) is 10.9 Å². The minimum absolute atomic E-state index is 0.0808. The van der Waals surface area contributed by atoms with Crippen molar-refractivity contribution >= 4 is 21.1 Å². The molecule has 1 aliphatic carbocycles. The van der Waals surface area contributed by atoms with Gasteiger partial charge in [-0.15, -0.1) is 0 Å². The lowest BCUT2D eigenvalue weighted by molar-refractivity contribution is 0.178. The molecule has 1 aromatic heterocycles. The minimum Gasteiger partial charge on any atom is -0.357 e. The molecule has 1 saturated carbocycles. The van der Waals surface area contributed by atoms with Crippen LogP contribution in [0, 0.1) is 5.92 Å². The molecule has 5 nitrogen and oxygen atoms in total. The summed E-state index contributed by atoms with van der Waals surface area (Å²) in [5, 5.41) is 1.25. The van der Waals surface area contributed by atoms with Crippen LogP contribution in [-0.4, -0.2) is 30.3 Å². The first-order chi connectivity index (χ1) is 12.5. The second kappa shape index (κ2) is 6.98. The molecule has 0 saturated heterocycles. The molecule has 0 radical (unpaired) electrons. The molecule has 142 valence electrons. The van der Waals surface area contributed by atoms with Crippen LogP contribution in [0.5, 0.6) is 0 Å². The van der Waals surface area contributed by atoms with Gasteiger partial charge in [-0.2, -0.15) is 17.4 Å². The molecule has 2 heterocycles. The number of hydrogen-bond donors (Lipinski definition) is 2.